The van der Waals surface area contributed by atoms with Crippen LogP contribution >= 0.6 is 0 Å². The normalized spacial score (nSPS) is 11.5. The van der Waals surface area contributed by atoms with Gasteiger partial charge in [-0.15, -0.1) is 0 Å². The van der Waals surface area contributed by atoms with Crippen molar-refractivity contribution in [1.82, 2.24) is 0 Å². The fourth-order valence-electron chi connectivity index (χ4n) is 1.78. The molecular formula is C15H12N2. The van der Waals surface area contributed by atoms with Crippen LogP contribution in [0.1, 0.15) is 22.7 Å². The second-order valence-corrected chi connectivity index (χ2v) is 3.73. The minimum absolute atomic E-state index is 0.0658. The molecule has 17 heavy (non-hydrogen) atoms. The van der Waals surface area contributed by atoms with Gasteiger partial charge in [0, 0.05) is 0 Å². The Balaban J connectivity index is 2.36. The monoisotopic (exact) mass is 220 g/mol. The predicted molar refractivity (Wildman–Crippen MR) is 69.0 cm³/mol. The zero-order valence-corrected chi connectivity index (χ0v) is 9.38. The Kier molecular flexibility index (Phi) is 3.32. The van der Waals surface area contributed by atoms with Gasteiger partial charge in [0.15, 0.2) is 0 Å². The van der Waals surface area contributed by atoms with Crippen LogP contribution in [0.3, 0.4) is 0 Å². The Hall–Kier alpha value is -2.40. The average molecular weight is 220 g/mol. The highest BCUT2D eigenvalue weighted by molar-refractivity contribution is 5.39. The molecule has 0 amide bonds. The first-order valence-corrected chi connectivity index (χ1v) is 5.36. The smallest absolute Gasteiger partial charge is 0.0992 e. The number of benzene rings is 2. The Morgan fingerprint density at radius 1 is 0.941 bits per heavy atom. The van der Waals surface area contributed by atoms with E-state index in [4.69, 9.17) is 5.26 Å². The molecule has 82 valence electrons. The van der Waals surface area contributed by atoms with Crippen molar-refractivity contribution in [2.75, 3.05) is 0 Å². The molecule has 1 atom stereocenters. The largest absolute Gasteiger partial charge is 0.288 e. The highest BCUT2D eigenvalue weighted by atomic mass is 14.7. The topological polar surface area (TPSA) is 36.1 Å². The highest BCUT2D eigenvalue weighted by Crippen LogP contribution is 2.25. The molecule has 0 heterocycles. The van der Waals surface area contributed by atoms with Gasteiger partial charge < -0.3 is 0 Å². The Morgan fingerprint density at radius 2 is 1.53 bits per heavy atom. The SMILES string of the molecule is C=NC(c1ccccc1)c1ccc(C#N)cc1. The van der Waals surface area contributed by atoms with Crippen LogP contribution in [0, 0.1) is 11.3 Å². The molecule has 0 saturated heterocycles. The minimum atomic E-state index is -0.0658. The summed E-state index contributed by atoms with van der Waals surface area (Å²) in [5.74, 6) is 0. The molecular weight excluding hydrogens is 208 g/mol. The van der Waals surface area contributed by atoms with E-state index in [2.05, 4.69) is 17.8 Å². The van der Waals surface area contributed by atoms with E-state index >= 15 is 0 Å². The number of aliphatic imine (C=N–C) groups is 1. The van der Waals surface area contributed by atoms with Gasteiger partial charge in [0.25, 0.3) is 0 Å². The molecule has 2 heteroatoms. The van der Waals surface area contributed by atoms with Crippen molar-refractivity contribution in [3.63, 3.8) is 0 Å². The van der Waals surface area contributed by atoms with E-state index in [0.29, 0.717) is 5.56 Å². The number of hydrogen-bond donors (Lipinski definition) is 0. The summed E-state index contributed by atoms with van der Waals surface area (Å²) < 4.78 is 0. The number of hydrogen-bond acceptors (Lipinski definition) is 2. The third-order valence-electron chi connectivity index (χ3n) is 2.65. The number of nitrogens with zero attached hydrogens (tertiary/aromatic N) is 2. The summed E-state index contributed by atoms with van der Waals surface area (Å²) in [5, 5.41) is 8.76. The van der Waals surface area contributed by atoms with E-state index in [0.717, 1.165) is 11.1 Å². The van der Waals surface area contributed by atoms with Crippen LogP contribution in [0.2, 0.25) is 0 Å². The first-order valence-electron chi connectivity index (χ1n) is 5.36. The summed E-state index contributed by atoms with van der Waals surface area (Å²) in [6, 6.07) is 19.5. The third kappa shape index (κ3) is 2.40. The molecule has 0 fully saturated rings. The number of nitriles is 1. The molecule has 0 aliphatic rings. The molecule has 2 aromatic carbocycles. The van der Waals surface area contributed by atoms with E-state index in [-0.39, 0.29) is 6.04 Å². The molecule has 0 aliphatic heterocycles. The van der Waals surface area contributed by atoms with Crippen LogP contribution in [-0.4, -0.2) is 6.72 Å². The maximum atomic E-state index is 8.76. The van der Waals surface area contributed by atoms with E-state index < -0.39 is 0 Å². The van der Waals surface area contributed by atoms with Gasteiger partial charge in [0.05, 0.1) is 17.7 Å². The fraction of sp³-hybridized carbons (Fsp3) is 0.0667. The van der Waals surface area contributed by atoms with Crippen LogP contribution in [0.4, 0.5) is 0 Å². The summed E-state index contributed by atoms with van der Waals surface area (Å²) in [7, 11) is 0. The van der Waals surface area contributed by atoms with Crippen molar-refractivity contribution in [1.29, 1.82) is 5.26 Å². The minimum Gasteiger partial charge on any atom is -0.288 e. The van der Waals surface area contributed by atoms with Gasteiger partial charge in [0.2, 0.25) is 0 Å². The van der Waals surface area contributed by atoms with Crippen LogP contribution in [-0.2, 0) is 0 Å². The highest BCUT2D eigenvalue weighted by Gasteiger charge is 2.10. The predicted octanol–water partition coefficient (Wildman–Crippen LogP) is 3.35. The quantitative estimate of drug-likeness (QED) is 0.731. The zero-order valence-electron chi connectivity index (χ0n) is 9.38. The van der Waals surface area contributed by atoms with Crippen molar-refractivity contribution in [3.05, 3.63) is 71.3 Å². The van der Waals surface area contributed by atoms with Gasteiger partial charge in [-0.1, -0.05) is 42.5 Å². The first-order chi connectivity index (χ1) is 8.35. The summed E-state index contributed by atoms with van der Waals surface area (Å²) in [6.07, 6.45) is 0. The van der Waals surface area contributed by atoms with E-state index in [9.17, 15) is 0 Å². The lowest BCUT2D eigenvalue weighted by Gasteiger charge is -2.12. The molecule has 0 N–H and O–H groups in total. The van der Waals surface area contributed by atoms with Gasteiger partial charge in [-0.3, -0.25) is 4.99 Å². The Labute approximate surface area is 101 Å². The summed E-state index contributed by atoms with van der Waals surface area (Å²) in [5.41, 5.74) is 2.81. The maximum absolute atomic E-state index is 8.76. The van der Waals surface area contributed by atoms with Crippen LogP contribution < -0.4 is 0 Å². The second kappa shape index (κ2) is 5.09. The molecule has 0 aromatic heterocycles. The summed E-state index contributed by atoms with van der Waals surface area (Å²) in [6.45, 7) is 3.64. The molecule has 0 spiro atoms. The van der Waals surface area contributed by atoms with Gasteiger partial charge in [0.1, 0.15) is 0 Å². The summed E-state index contributed by atoms with van der Waals surface area (Å²) in [4.78, 5) is 4.15. The van der Waals surface area contributed by atoms with Gasteiger partial charge >= 0.3 is 0 Å². The third-order valence-corrected chi connectivity index (χ3v) is 2.65. The molecule has 0 bridgehead atoms. The molecule has 2 nitrogen and oxygen atoms in total. The lowest BCUT2D eigenvalue weighted by Crippen LogP contribution is -1.97. The standard InChI is InChI=1S/C15H12N2/c1-17-15(13-5-3-2-4-6-13)14-9-7-12(11-16)8-10-14/h2-10,15H,1H2. The lowest BCUT2D eigenvalue weighted by atomic mass is 9.98. The molecule has 1 unspecified atom stereocenters. The fourth-order valence-corrected chi connectivity index (χ4v) is 1.78. The lowest BCUT2D eigenvalue weighted by molar-refractivity contribution is 0.882. The molecule has 2 aromatic rings. The summed E-state index contributed by atoms with van der Waals surface area (Å²) >= 11 is 0. The van der Waals surface area contributed by atoms with Crippen LogP contribution in [0.15, 0.2) is 59.6 Å². The second-order valence-electron chi connectivity index (χ2n) is 3.73. The number of rotatable bonds is 3. The Bertz CT molecular complexity index is 535. The van der Waals surface area contributed by atoms with Crippen molar-refractivity contribution >= 4 is 6.72 Å². The van der Waals surface area contributed by atoms with Gasteiger partial charge in [-0.2, -0.15) is 5.26 Å². The first kappa shape index (κ1) is 11.1. The van der Waals surface area contributed by atoms with Crippen molar-refractivity contribution in [2.24, 2.45) is 4.99 Å². The van der Waals surface area contributed by atoms with Crippen molar-refractivity contribution in [2.45, 2.75) is 6.04 Å². The van der Waals surface area contributed by atoms with Crippen LogP contribution in [0.25, 0.3) is 0 Å². The molecule has 0 saturated carbocycles. The molecule has 2 rings (SSSR count). The van der Waals surface area contributed by atoms with Crippen molar-refractivity contribution in [3.8, 4) is 6.07 Å². The van der Waals surface area contributed by atoms with E-state index in [1.807, 2.05) is 42.5 Å². The van der Waals surface area contributed by atoms with Gasteiger partial charge in [-0.05, 0) is 30.0 Å². The molecule has 0 aliphatic carbocycles. The Morgan fingerprint density at radius 3 is 2.06 bits per heavy atom. The molecule has 0 radical (unpaired) electrons. The van der Waals surface area contributed by atoms with Crippen LogP contribution in [0.5, 0.6) is 0 Å². The zero-order chi connectivity index (χ0) is 12.1. The average Bonchev–Trinajstić information content (AvgIpc) is 2.42. The van der Waals surface area contributed by atoms with Gasteiger partial charge in [-0.25, -0.2) is 0 Å². The maximum Gasteiger partial charge on any atom is 0.0992 e. The van der Waals surface area contributed by atoms with E-state index in [1.54, 1.807) is 12.1 Å². The van der Waals surface area contributed by atoms with E-state index in [1.165, 1.54) is 0 Å². The van der Waals surface area contributed by atoms with Crippen molar-refractivity contribution < 1.29 is 0 Å².